The number of hydrogen-bond donors (Lipinski definition) is 1. The third-order valence-electron chi connectivity index (χ3n) is 8.40. The Morgan fingerprint density at radius 1 is 0.455 bits per heavy atom. The minimum absolute atomic E-state index is 0.0279. The molecule has 0 saturated heterocycles. The maximum Gasteiger partial charge on any atom is 0.0384 e. The highest BCUT2D eigenvalue weighted by atomic mass is 14.9. The van der Waals surface area contributed by atoms with E-state index in [1.165, 1.54) is 33.4 Å². The molecule has 11 rings (SSSR count). The lowest BCUT2D eigenvalue weighted by atomic mass is 9.56. The van der Waals surface area contributed by atoms with E-state index in [0.29, 0.717) is 0 Å². The van der Waals surface area contributed by atoms with E-state index < -0.39 is 0 Å². The fraction of sp³-hybridized carbons (Fsp3) is 0.250. The van der Waals surface area contributed by atoms with E-state index in [2.05, 4.69) is 130 Å². The lowest BCUT2D eigenvalue weighted by Crippen LogP contribution is -2.44. The van der Waals surface area contributed by atoms with Crippen LogP contribution >= 0.6 is 0 Å². The summed E-state index contributed by atoms with van der Waals surface area (Å²) in [7, 11) is 0. The van der Waals surface area contributed by atoms with Crippen molar-refractivity contribution in [1.82, 2.24) is 0 Å². The monoisotopic (exact) mass is 431 g/mol. The van der Waals surface area contributed by atoms with E-state index in [9.17, 15) is 0 Å². The first kappa shape index (κ1) is 21.5. The number of rotatable bonds is 2. The summed E-state index contributed by atoms with van der Waals surface area (Å²) in [6, 6.07) is 36.0. The molecule has 8 bridgehead atoms. The Bertz CT molecular complexity index is 1130. The van der Waals surface area contributed by atoms with Crippen molar-refractivity contribution in [3.05, 3.63) is 108 Å². The van der Waals surface area contributed by atoms with Crippen molar-refractivity contribution in [2.45, 2.75) is 51.4 Å². The van der Waals surface area contributed by atoms with Crippen molar-refractivity contribution >= 4 is 11.4 Å². The Morgan fingerprint density at radius 3 is 1.00 bits per heavy atom. The minimum atomic E-state index is 0.0279. The smallest absolute Gasteiger partial charge is 0.0384 e. The third kappa shape index (κ3) is 3.56. The van der Waals surface area contributed by atoms with Gasteiger partial charge in [0.1, 0.15) is 0 Å². The number of nitrogens with one attached hydrogen (secondary N) is 1. The van der Waals surface area contributed by atoms with Crippen LogP contribution in [-0.4, -0.2) is 0 Å². The summed E-state index contributed by atoms with van der Waals surface area (Å²) in [6.45, 7) is 9.56. The highest BCUT2D eigenvalue weighted by Crippen LogP contribution is 2.49. The van der Waals surface area contributed by atoms with Crippen LogP contribution in [0.25, 0.3) is 22.3 Å². The second-order valence-corrected chi connectivity index (χ2v) is 9.81. The van der Waals surface area contributed by atoms with Crippen LogP contribution < -0.4 is 5.32 Å². The van der Waals surface area contributed by atoms with Gasteiger partial charge < -0.3 is 5.32 Å². The molecule has 4 aromatic carbocycles. The second-order valence-electron chi connectivity index (χ2n) is 9.81. The molecule has 2 unspecified atom stereocenters. The minimum Gasteiger partial charge on any atom is -0.356 e. The molecule has 1 nitrogen and oxygen atoms in total. The maximum atomic E-state index is 3.53. The fourth-order valence-corrected chi connectivity index (χ4v) is 5.55. The summed E-state index contributed by atoms with van der Waals surface area (Å²) in [4.78, 5) is 0. The molecule has 7 heterocycles. The van der Waals surface area contributed by atoms with Gasteiger partial charge in [-0.3, -0.25) is 0 Å². The van der Waals surface area contributed by atoms with Crippen molar-refractivity contribution in [1.29, 1.82) is 0 Å². The zero-order valence-corrected chi connectivity index (χ0v) is 20.2. The Labute approximate surface area is 198 Å². The first-order chi connectivity index (χ1) is 16.0. The van der Waals surface area contributed by atoms with Gasteiger partial charge in [0.15, 0.2) is 0 Å². The Kier molecular flexibility index (Phi) is 5.37. The third-order valence-corrected chi connectivity index (χ3v) is 8.40. The van der Waals surface area contributed by atoms with Gasteiger partial charge in [0.2, 0.25) is 0 Å². The summed E-state index contributed by atoms with van der Waals surface area (Å²) < 4.78 is 0. The largest absolute Gasteiger partial charge is 0.356 e. The van der Waals surface area contributed by atoms with Crippen LogP contribution in [0, 0.1) is 0 Å². The normalized spacial score (nSPS) is 21.5. The van der Waals surface area contributed by atoms with Gasteiger partial charge in [-0.1, -0.05) is 100 Å². The van der Waals surface area contributed by atoms with Crippen LogP contribution in [0.5, 0.6) is 0 Å². The van der Waals surface area contributed by atoms with E-state index in [1.54, 1.807) is 0 Å². The SMILES string of the molecule is CCC1(C)c2ccc(cc2)-c2ccc(cc2)Nc2ccc(cc2)-c2ccc(cc2)C1(C)CC. The van der Waals surface area contributed by atoms with E-state index in [-0.39, 0.29) is 10.8 Å². The van der Waals surface area contributed by atoms with Crippen LogP contribution in [0.4, 0.5) is 11.4 Å². The standard InChI is InChI=1S/C32H33N/c1-5-31(3)27-15-7-23(8-16-27)25-11-19-29(20-12-25)33-30-21-13-26(14-22-30)24-9-17-28(18-10-24)32(31,4)6-2/h7-22,33H,5-6H2,1-4H3. The molecule has 1 N–H and O–H groups in total. The van der Waals surface area contributed by atoms with Crippen LogP contribution in [0.1, 0.15) is 51.7 Å². The molecule has 0 radical (unpaired) electrons. The molecule has 0 amide bonds. The summed E-state index contributed by atoms with van der Waals surface area (Å²) in [5.41, 5.74) is 10.1. The van der Waals surface area contributed by atoms with Crippen LogP contribution in [0.15, 0.2) is 97.1 Å². The molecule has 0 aromatic heterocycles. The lowest BCUT2D eigenvalue weighted by Gasteiger charge is -2.47. The van der Waals surface area contributed by atoms with Gasteiger partial charge >= 0.3 is 0 Å². The number of hydrogen-bond acceptors (Lipinski definition) is 1. The molecule has 33 heavy (non-hydrogen) atoms. The predicted octanol–water partition coefficient (Wildman–Crippen LogP) is 9.11. The van der Waals surface area contributed by atoms with Crippen molar-refractivity contribution in [3.8, 4) is 22.3 Å². The van der Waals surface area contributed by atoms with Gasteiger partial charge in [-0.05, 0) is 70.5 Å². The van der Waals surface area contributed by atoms with E-state index in [1.807, 2.05) is 0 Å². The second kappa shape index (κ2) is 8.23. The average Bonchev–Trinajstić information content (AvgIpc) is 2.88. The first-order valence-corrected chi connectivity index (χ1v) is 12.2. The van der Waals surface area contributed by atoms with Crippen LogP contribution in [0.2, 0.25) is 0 Å². The van der Waals surface area contributed by atoms with Crippen molar-refractivity contribution in [3.63, 3.8) is 0 Å². The van der Waals surface area contributed by atoms with Crippen molar-refractivity contribution in [2.75, 3.05) is 5.32 Å². The Hall–Kier alpha value is -3.32. The highest BCUT2D eigenvalue weighted by molar-refractivity contribution is 5.71. The van der Waals surface area contributed by atoms with Crippen molar-refractivity contribution < 1.29 is 0 Å². The summed E-state index contributed by atoms with van der Waals surface area (Å²) in [6.07, 6.45) is 2.17. The van der Waals surface area contributed by atoms with Crippen LogP contribution in [0.3, 0.4) is 0 Å². The summed E-state index contributed by atoms with van der Waals surface area (Å²) in [5, 5.41) is 3.53. The fourth-order valence-electron chi connectivity index (χ4n) is 5.55. The molecule has 0 spiro atoms. The van der Waals surface area contributed by atoms with Crippen LogP contribution in [-0.2, 0) is 10.8 Å². The zero-order valence-electron chi connectivity index (χ0n) is 20.2. The Balaban J connectivity index is 1.71. The van der Waals surface area contributed by atoms with Crippen molar-refractivity contribution in [2.24, 2.45) is 0 Å². The van der Waals surface area contributed by atoms with E-state index >= 15 is 0 Å². The van der Waals surface area contributed by atoms with Gasteiger partial charge in [-0.25, -0.2) is 0 Å². The number of benzene rings is 4. The highest BCUT2D eigenvalue weighted by Gasteiger charge is 2.44. The molecular formula is C32H33N. The predicted molar refractivity (Wildman–Crippen MR) is 142 cm³/mol. The first-order valence-electron chi connectivity index (χ1n) is 12.2. The molecule has 166 valence electrons. The summed E-state index contributed by atoms with van der Waals surface area (Å²) >= 11 is 0. The van der Waals surface area contributed by atoms with E-state index in [0.717, 1.165) is 24.2 Å². The maximum absolute atomic E-state index is 3.53. The molecule has 2 atom stereocenters. The van der Waals surface area contributed by atoms with Gasteiger partial charge in [-0.2, -0.15) is 0 Å². The number of anilines is 2. The molecule has 0 saturated carbocycles. The molecule has 7 aliphatic rings. The lowest BCUT2D eigenvalue weighted by molar-refractivity contribution is 0.235. The van der Waals surface area contributed by atoms with Gasteiger partial charge in [0.25, 0.3) is 0 Å². The molecule has 0 fully saturated rings. The topological polar surface area (TPSA) is 12.0 Å². The quantitative estimate of drug-likeness (QED) is 0.334. The molecule has 4 aromatic rings. The summed E-state index contributed by atoms with van der Waals surface area (Å²) in [5.74, 6) is 0. The molecule has 1 heteroatoms. The average molecular weight is 432 g/mol. The van der Waals surface area contributed by atoms with E-state index in [4.69, 9.17) is 0 Å². The molecule has 7 aliphatic heterocycles. The van der Waals surface area contributed by atoms with Gasteiger partial charge in [0.05, 0.1) is 0 Å². The van der Waals surface area contributed by atoms with Gasteiger partial charge in [0, 0.05) is 22.2 Å². The zero-order chi connectivity index (χ0) is 23.1. The Morgan fingerprint density at radius 2 is 0.727 bits per heavy atom. The van der Waals surface area contributed by atoms with Gasteiger partial charge in [-0.15, -0.1) is 0 Å². The molecular weight excluding hydrogens is 398 g/mol. The molecule has 0 aliphatic carbocycles.